The molecule has 1 amide bonds. The van der Waals surface area contributed by atoms with Crippen molar-refractivity contribution >= 4 is 11.7 Å². The van der Waals surface area contributed by atoms with Gasteiger partial charge >= 0.3 is 0 Å². The smallest absolute Gasteiger partial charge is 0.248 e. The Bertz CT molecular complexity index is 507. The number of ketones is 1. The predicted molar refractivity (Wildman–Crippen MR) is 79.4 cm³/mol. The van der Waals surface area contributed by atoms with Crippen molar-refractivity contribution in [3.63, 3.8) is 0 Å². The zero-order valence-electron chi connectivity index (χ0n) is 11.7. The number of primary amides is 1. The highest BCUT2D eigenvalue weighted by molar-refractivity contribution is 5.94. The van der Waals surface area contributed by atoms with Gasteiger partial charge in [0.1, 0.15) is 5.78 Å². The fraction of sp³-hybridized carbons (Fsp3) is 0.412. The molecule has 3 rings (SSSR count). The highest BCUT2D eigenvalue weighted by Crippen LogP contribution is 2.49. The van der Waals surface area contributed by atoms with E-state index in [1.54, 1.807) is 6.07 Å². The molecule has 2 aliphatic carbocycles. The van der Waals surface area contributed by atoms with Gasteiger partial charge in [-0.2, -0.15) is 0 Å². The number of fused-ring (bicyclic) bond motifs is 1. The first-order valence-electron chi connectivity index (χ1n) is 7.05. The van der Waals surface area contributed by atoms with Gasteiger partial charge in [0.2, 0.25) is 5.91 Å². The zero-order valence-corrected chi connectivity index (χ0v) is 11.7. The minimum Gasteiger partial charge on any atom is -0.366 e. The predicted octanol–water partition coefficient (Wildman–Crippen LogP) is 3.06. The van der Waals surface area contributed by atoms with Gasteiger partial charge in [0.05, 0.1) is 0 Å². The van der Waals surface area contributed by atoms with Crippen LogP contribution >= 0.6 is 0 Å². The molecule has 2 saturated carbocycles. The van der Waals surface area contributed by atoms with Crippen molar-refractivity contribution in [3.8, 4) is 0 Å². The fourth-order valence-corrected chi connectivity index (χ4v) is 3.71. The number of hydrogen-bond acceptors (Lipinski definition) is 2. The standard InChI is InChI=1S/C15H17NO2.C2H4/c16-15(18)14-4-2-1-3-13(14)11-5-9-7-12(17)8-10(9)6-11;1-2/h1-4,9-11H,5-8H2,(H2,16,18);1-2H2. The van der Waals surface area contributed by atoms with E-state index < -0.39 is 0 Å². The van der Waals surface area contributed by atoms with Gasteiger partial charge in [-0.1, -0.05) is 18.2 Å². The number of rotatable bonds is 2. The second kappa shape index (κ2) is 6.04. The fourth-order valence-electron chi connectivity index (χ4n) is 3.71. The number of hydrogen-bond donors (Lipinski definition) is 1. The van der Waals surface area contributed by atoms with Gasteiger partial charge in [-0.05, 0) is 42.2 Å². The average Bonchev–Trinajstić information content (AvgIpc) is 2.98. The second-order valence-electron chi connectivity index (χ2n) is 5.59. The summed E-state index contributed by atoms with van der Waals surface area (Å²) in [4.78, 5) is 22.8. The van der Waals surface area contributed by atoms with Crippen LogP contribution in [0.4, 0.5) is 0 Å². The monoisotopic (exact) mass is 271 g/mol. The van der Waals surface area contributed by atoms with E-state index >= 15 is 0 Å². The molecule has 0 spiro atoms. The molecule has 0 aromatic heterocycles. The average molecular weight is 271 g/mol. The molecule has 3 nitrogen and oxygen atoms in total. The molecule has 2 fully saturated rings. The van der Waals surface area contributed by atoms with Crippen LogP contribution in [0.3, 0.4) is 0 Å². The molecule has 0 radical (unpaired) electrons. The summed E-state index contributed by atoms with van der Waals surface area (Å²) in [6, 6.07) is 7.62. The molecule has 2 N–H and O–H groups in total. The molecule has 0 heterocycles. The van der Waals surface area contributed by atoms with Crippen LogP contribution in [0, 0.1) is 11.8 Å². The van der Waals surface area contributed by atoms with Crippen LogP contribution in [0.25, 0.3) is 0 Å². The molecule has 2 unspecified atom stereocenters. The number of Topliss-reactive ketones (excluding diaryl/α,β-unsaturated/α-hetero) is 1. The molecule has 2 aliphatic rings. The van der Waals surface area contributed by atoms with E-state index in [0.717, 1.165) is 31.2 Å². The molecule has 1 aromatic carbocycles. The second-order valence-corrected chi connectivity index (χ2v) is 5.59. The van der Waals surface area contributed by atoms with Crippen LogP contribution < -0.4 is 5.73 Å². The summed E-state index contributed by atoms with van der Waals surface area (Å²) >= 11 is 0. The number of carbonyl (C=O) groups is 2. The molecule has 3 heteroatoms. The van der Waals surface area contributed by atoms with E-state index in [9.17, 15) is 9.59 Å². The van der Waals surface area contributed by atoms with E-state index in [2.05, 4.69) is 13.2 Å². The number of carbonyl (C=O) groups excluding carboxylic acids is 2. The summed E-state index contributed by atoms with van der Waals surface area (Å²) in [6.07, 6.45) is 3.53. The van der Waals surface area contributed by atoms with Crippen LogP contribution in [0.2, 0.25) is 0 Å². The molecule has 20 heavy (non-hydrogen) atoms. The minimum absolute atomic E-state index is 0.348. The first-order chi connectivity index (χ1) is 9.65. The van der Waals surface area contributed by atoms with Gasteiger partial charge in [-0.15, -0.1) is 13.2 Å². The van der Waals surface area contributed by atoms with E-state index in [1.807, 2.05) is 18.2 Å². The third-order valence-electron chi connectivity index (χ3n) is 4.49. The Balaban J connectivity index is 0.000000704. The lowest BCUT2D eigenvalue weighted by molar-refractivity contribution is -0.117. The van der Waals surface area contributed by atoms with Gasteiger partial charge in [0, 0.05) is 18.4 Å². The van der Waals surface area contributed by atoms with Crippen molar-refractivity contribution in [2.75, 3.05) is 0 Å². The Morgan fingerprint density at radius 1 is 1.10 bits per heavy atom. The molecule has 2 atom stereocenters. The molecular weight excluding hydrogens is 250 g/mol. The Kier molecular flexibility index (Phi) is 4.38. The molecule has 1 aromatic rings. The number of benzene rings is 1. The maximum atomic E-state index is 11.4. The van der Waals surface area contributed by atoms with Gasteiger partial charge in [-0.3, -0.25) is 9.59 Å². The highest BCUT2D eigenvalue weighted by Gasteiger charge is 2.41. The third kappa shape index (κ3) is 2.67. The lowest BCUT2D eigenvalue weighted by atomic mass is 9.90. The van der Waals surface area contributed by atoms with Gasteiger partial charge in [0.15, 0.2) is 0 Å². The lowest BCUT2D eigenvalue weighted by Crippen LogP contribution is -2.15. The van der Waals surface area contributed by atoms with Crippen LogP contribution in [0.15, 0.2) is 37.4 Å². The van der Waals surface area contributed by atoms with Crippen molar-refractivity contribution in [2.45, 2.75) is 31.6 Å². The third-order valence-corrected chi connectivity index (χ3v) is 4.49. The minimum atomic E-state index is -0.348. The number of amides is 1. The van der Waals surface area contributed by atoms with Crippen molar-refractivity contribution in [1.29, 1.82) is 0 Å². The van der Waals surface area contributed by atoms with E-state index in [1.165, 1.54) is 0 Å². The molecule has 0 bridgehead atoms. The highest BCUT2D eigenvalue weighted by atomic mass is 16.1. The largest absolute Gasteiger partial charge is 0.366 e. The zero-order chi connectivity index (χ0) is 14.7. The van der Waals surface area contributed by atoms with Gasteiger partial charge in [0.25, 0.3) is 0 Å². The van der Waals surface area contributed by atoms with Crippen molar-refractivity contribution in [2.24, 2.45) is 17.6 Å². The van der Waals surface area contributed by atoms with Crippen LogP contribution in [0.5, 0.6) is 0 Å². The van der Waals surface area contributed by atoms with E-state index in [0.29, 0.717) is 29.1 Å². The summed E-state index contributed by atoms with van der Waals surface area (Å²) in [5.41, 5.74) is 7.15. The topological polar surface area (TPSA) is 60.2 Å². The van der Waals surface area contributed by atoms with Crippen molar-refractivity contribution in [1.82, 2.24) is 0 Å². The quantitative estimate of drug-likeness (QED) is 0.840. The Hall–Kier alpha value is -1.90. The van der Waals surface area contributed by atoms with E-state index in [-0.39, 0.29) is 5.91 Å². The van der Waals surface area contributed by atoms with E-state index in [4.69, 9.17) is 5.73 Å². The summed E-state index contributed by atoms with van der Waals surface area (Å²) in [6.45, 7) is 6.00. The van der Waals surface area contributed by atoms with Crippen LogP contribution in [-0.4, -0.2) is 11.7 Å². The summed E-state index contributed by atoms with van der Waals surface area (Å²) in [7, 11) is 0. The Morgan fingerprint density at radius 3 is 2.20 bits per heavy atom. The molecule has 0 saturated heterocycles. The first kappa shape index (κ1) is 14.5. The van der Waals surface area contributed by atoms with Gasteiger partial charge < -0.3 is 5.73 Å². The maximum Gasteiger partial charge on any atom is 0.248 e. The summed E-state index contributed by atoms with van der Waals surface area (Å²) < 4.78 is 0. The number of nitrogens with two attached hydrogens (primary N) is 1. The first-order valence-corrected chi connectivity index (χ1v) is 7.05. The summed E-state index contributed by atoms with van der Waals surface area (Å²) in [5.74, 6) is 1.52. The van der Waals surface area contributed by atoms with Crippen LogP contribution in [0.1, 0.15) is 47.5 Å². The normalized spacial score (nSPS) is 27.6. The summed E-state index contributed by atoms with van der Waals surface area (Å²) in [5, 5.41) is 0. The molecule has 0 aliphatic heterocycles. The molecular formula is C17H21NO2. The Labute approximate surface area is 119 Å². The Morgan fingerprint density at radius 2 is 1.65 bits per heavy atom. The molecule has 106 valence electrons. The van der Waals surface area contributed by atoms with Crippen molar-refractivity contribution < 1.29 is 9.59 Å². The van der Waals surface area contributed by atoms with Crippen LogP contribution in [-0.2, 0) is 4.79 Å². The lowest BCUT2D eigenvalue weighted by Gasteiger charge is -2.14. The SMILES string of the molecule is C=C.NC(=O)c1ccccc1C1CC2CC(=O)CC2C1. The maximum absolute atomic E-state index is 11.4. The van der Waals surface area contributed by atoms with Crippen molar-refractivity contribution in [3.05, 3.63) is 48.6 Å². The van der Waals surface area contributed by atoms with Gasteiger partial charge in [-0.25, -0.2) is 0 Å².